The number of hydrogen-bond acceptors (Lipinski definition) is 7. The van der Waals surface area contributed by atoms with Gasteiger partial charge in [0.05, 0.1) is 13.2 Å². The van der Waals surface area contributed by atoms with Crippen LogP contribution in [0.3, 0.4) is 0 Å². The van der Waals surface area contributed by atoms with Gasteiger partial charge in [-0.2, -0.15) is 0 Å². The summed E-state index contributed by atoms with van der Waals surface area (Å²) in [6.07, 6.45) is 8.56. The Kier molecular flexibility index (Phi) is 23.8. The Morgan fingerprint density at radius 1 is 0.889 bits per heavy atom. The fourth-order valence-electron chi connectivity index (χ4n) is 2.23. The largest absolute Gasteiger partial charge is 2.00 e. The van der Waals surface area contributed by atoms with Crippen LogP contribution in [0.4, 0.5) is 0 Å². The third kappa shape index (κ3) is 27.4. The van der Waals surface area contributed by atoms with Crippen LogP contribution in [0.1, 0.15) is 79.1 Å². The molecule has 8 nitrogen and oxygen atoms in total. The summed E-state index contributed by atoms with van der Waals surface area (Å²) in [5.41, 5.74) is 0. The molecule has 0 saturated heterocycles. The van der Waals surface area contributed by atoms with E-state index in [4.69, 9.17) is 28.2 Å². The summed E-state index contributed by atoms with van der Waals surface area (Å²) in [4.78, 5) is 41.6. The first kappa shape index (κ1) is 33.1. The predicted octanol–water partition coefficient (Wildman–Crippen LogP) is 1.30. The van der Waals surface area contributed by atoms with Crippen molar-refractivity contribution in [2.45, 2.75) is 79.1 Å². The van der Waals surface area contributed by atoms with Crippen LogP contribution in [0, 0.1) is 11.8 Å². The van der Waals surface area contributed by atoms with Gasteiger partial charge in [-0.25, -0.2) is 4.57 Å². The van der Waals surface area contributed by atoms with E-state index in [1.165, 1.54) is 0 Å². The molecule has 0 spiro atoms. The van der Waals surface area contributed by atoms with E-state index in [9.17, 15) is 9.46 Å². The third-order valence-corrected chi connectivity index (χ3v) is 4.98. The van der Waals surface area contributed by atoms with Crippen molar-refractivity contribution in [2.24, 2.45) is 11.8 Å². The van der Waals surface area contributed by atoms with Crippen molar-refractivity contribution >= 4 is 54.6 Å². The quantitative estimate of drug-likeness (QED) is 0.262. The molecule has 27 heavy (non-hydrogen) atoms. The minimum absolute atomic E-state index is 0. The fraction of sp³-hybridized carbons (Fsp3) is 1.00. The van der Waals surface area contributed by atoms with Crippen molar-refractivity contribution in [3.8, 4) is 0 Å². The molecule has 0 aliphatic rings. The van der Waals surface area contributed by atoms with Gasteiger partial charge in [0.15, 0.2) is 0 Å². The summed E-state index contributed by atoms with van der Waals surface area (Å²) >= 11 is 0. The Morgan fingerprint density at radius 3 is 1.41 bits per heavy atom. The van der Waals surface area contributed by atoms with E-state index in [0.29, 0.717) is 25.0 Å². The van der Waals surface area contributed by atoms with E-state index in [-0.39, 0.29) is 37.7 Å². The van der Waals surface area contributed by atoms with Gasteiger partial charge in [0.25, 0.3) is 0 Å². The second-order valence-electron chi connectivity index (χ2n) is 6.44. The van der Waals surface area contributed by atoms with Crippen molar-refractivity contribution in [3.05, 3.63) is 0 Å². The molecule has 0 bridgehead atoms. The molecule has 0 heterocycles. The van der Waals surface area contributed by atoms with Crippen molar-refractivity contribution in [1.82, 2.24) is 0 Å². The Morgan fingerprint density at radius 2 is 1.19 bits per heavy atom. The van der Waals surface area contributed by atoms with Gasteiger partial charge in [0.2, 0.25) is 0 Å². The molecule has 0 fully saturated rings. The van der Waals surface area contributed by atoms with Crippen molar-refractivity contribution in [1.29, 1.82) is 0 Å². The van der Waals surface area contributed by atoms with Gasteiger partial charge in [-0.1, -0.05) is 66.2 Å². The Bertz CT molecular complexity index is 341. The van der Waals surface area contributed by atoms with E-state index in [2.05, 4.69) is 27.7 Å². The molecule has 2 unspecified atom stereocenters. The molecule has 0 amide bonds. The smallest absolute Gasteiger partial charge is 0.828 e. The van der Waals surface area contributed by atoms with E-state index in [1.54, 1.807) is 0 Å². The Balaban J connectivity index is -0.000000844. The normalized spacial score (nSPS) is 15.7. The van der Waals surface area contributed by atoms with Crippen LogP contribution in [0.5, 0.6) is 0 Å². The SMILES string of the molecule is CCCCC(CC)COP(=O)(O)OCC(CC)CCCC.[Ca+2].[O-][Si]([O-])(O)O. The van der Waals surface area contributed by atoms with E-state index in [0.717, 1.165) is 51.4 Å². The van der Waals surface area contributed by atoms with Crippen LogP contribution in [0.2, 0.25) is 0 Å². The van der Waals surface area contributed by atoms with Gasteiger partial charge in [-0.05, 0) is 24.7 Å². The molecule has 0 aliphatic heterocycles. The zero-order valence-corrected chi connectivity index (χ0v) is 21.4. The summed E-state index contributed by atoms with van der Waals surface area (Å²) < 4.78 is 22.2. The molecule has 0 aromatic heterocycles. The first-order valence-corrected chi connectivity index (χ1v) is 12.7. The van der Waals surface area contributed by atoms with E-state index >= 15 is 0 Å². The number of hydrogen-bond donors (Lipinski definition) is 3. The maximum absolute atomic E-state index is 11.9. The molecular weight excluding hydrogens is 419 g/mol. The van der Waals surface area contributed by atoms with Crippen molar-refractivity contribution < 1.29 is 37.7 Å². The van der Waals surface area contributed by atoms with Crippen molar-refractivity contribution in [2.75, 3.05) is 13.2 Å². The van der Waals surface area contributed by atoms with E-state index < -0.39 is 16.9 Å². The molecule has 0 saturated carbocycles. The monoisotopic (exact) mass is 456 g/mol. The van der Waals surface area contributed by atoms with Gasteiger partial charge >= 0.3 is 45.6 Å². The fourth-order valence-corrected chi connectivity index (χ4v) is 3.11. The number of phosphoric ester groups is 1. The first-order valence-electron chi connectivity index (χ1n) is 9.46. The minimum Gasteiger partial charge on any atom is -0.828 e. The molecule has 0 rings (SSSR count). The van der Waals surface area contributed by atoms with E-state index in [1.807, 2.05) is 0 Å². The molecule has 160 valence electrons. The standard InChI is InChI=1S/C16H35O4P.Ca.H2O4Si/c1-5-9-11-15(7-3)13-19-21(17,18)20-14-16(8-4)12-10-6-2;;1-5(2,3)4/h15-16H,5-14H2,1-4H3,(H,17,18);;1-2H/q;+2;-2. The Hall–Kier alpha value is 1.43. The van der Waals surface area contributed by atoms with Gasteiger partial charge in [0.1, 0.15) is 9.05 Å². The van der Waals surface area contributed by atoms with Crippen LogP contribution in [-0.4, -0.2) is 74.5 Å². The zero-order chi connectivity index (χ0) is 20.6. The maximum atomic E-state index is 11.9. The maximum Gasteiger partial charge on any atom is 2.00 e. The summed E-state index contributed by atoms with van der Waals surface area (Å²) in [5, 5.41) is 0. The second-order valence-corrected chi connectivity index (χ2v) is 8.99. The summed E-state index contributed by atoms with van der Waals surface area (Å²) in [7, 11) is -9.00. The van der Waals surface area contributed by atoms with Gasteiger partial charge < -0.3 is 24.1 Å². The molecule has 0 aromatic rings. The molecule has 0 aliphatic carbocycles. The average Bonchev–Trinajstić information content (AvgIpc) is 2.53. The molecular formula is C16H37CaO8PSi. The average molecular weight is 457 g/mol. The van der Waals surface area contributed by atoms with Crippen LogP contribution >= 0.6 is 7.82 Å². The zero-order valence-electron chi connectivity index (χ0n) is 17.3. The van der Waals surface area contributed by atoms with Gasteiger partial charge in [-0.15, -0.1) is 0 Å². The number of rotatable bonds is 14. The minimum atomic E-state index is -5.11. The van der Waals surface area contributed by atoms with Crippen molar-refractivity contribution in [3.63, 3.8) is 0 Å². The second kappa shape index (κ2) is 19.4. The number of phosphoric acid groups is 1. The molecule has 3 N–H and O–H groups in total. The molecule has 2 atom stereocenters. The van der Waals surface area contributed by atoms with Gasteiger partial charge in [0, 0.05) is 0 Å². The molecule has 0 radical (unpaired) electrons. The summed E-state index contributed by atoms with van der Waals surface area (Å²) in [6.45, 7) is 9.10. The van der Waals surface area contributed by atoms with Crippen LogP contribution in [-0.2, 0) is 13.6 Å². The predicted molar refractivity (Wildman–Crippen MR) is 104 cm³/mol. The molecule has 11 heteroatoms. The summed E-state index contributed by atoms with van der Waals surface area (Å²) in [5.74, 6) is 0.687. The first-order chi connectivity index (χ1) is 12.0. The topological polar surface area (TPSA) is 142 Å². The summed E-state index contributed by atoms with van der Waals surface area (Å²) in [6, 6.07) is 0. The van der Waals surface area contributed by atoms with Crippen LogP contribution < -0.4 is 9.59 Å². The van der Waals surface area contributed by atoms with Crippen LogP contribution in [0.25, 0.3) is 0 Å². The number of unbranched alkanes of at least 4 members (excludes halogenated alkanes) is 2. The van der Waals surface area contributed by atoms with Gasteiger partial charge in [-0.3, -0.25) is 9.05 Å². The van der Waals surface area contributed by atoms with Crippen LogP contribution in [0.15, 0.2) is 0 Å². The third-order valence-electron chi connectivity index (χ3n) is 4.03. The molecule has 0 aromatic carbocycles. The Labute approximate surface area is 195 Å².